The van der Waals surface area contributed by atoms with Crippen molar-refractivity contribution >= 4 is 0 Å². The van der Waals surface area contributed by atoms with Gasteiger partial charge in [0, 0.05) is 0 Å². The summed E-state index contributed by atoms with van der Waals surface area (Å²) in [6.45, 7) is 0.764. The Bertz CT molecular complexity index is 387. The molecule has 4 nitrogen and oxygen atoms in total. The van der Waals surface area contributed by atoms with Gasteiger partial charge in [0.05, 0.1) is 13.7 Å². The van der Waals surface area contributed by atoms with Gasteiger partial charge in [-0.3, -0.25) is 5.84 Å². The van der Waals surface area contributed by atoms with E-state index in [2.05, 4.69) is 11.5 Å². The van der Waals surface area contributed by atoms with Gasteiger partial charge in [-0.15, -0.1) is 0 Å². The van der Waals surface area contributed by atoms with Crippen molar-refractivity contribution in [1.82, 2.24) is 5.43 Å². The standard InChI is InChI=1S/C13H18N2O2/c1-16-11-7-5-10(6-8-11)13(15-14)12-4-2-3-9-17-12/h4-8,13,15H,2-3,9,14H2,1H3. The summed E-state index contributed by atoms with van der Waals surface area (Å²) < 4.78 is 10.8. The minimum Gasteiger partial charge on any atom is -0.497 e. The Labute approximate surface area is 101 Å². The predicted molar refractivity (Wildman–Crippen MR) is 66.3 cm³/mol. The largest absolute Gasteiger partial charge is 0.497 e. The third kappa shape index (κ3) is 2.78. The van der Waals surface area contributed by atoms with Gasteiger partial charge >= 0.3 is 0 Å². The zero-order chi connectivity index (χ0) is 12.1. The van der Waals surface area contributed by atoms with Crippen LogP contribution in [0.1, 0.15) is 24.4 Å². The van der Waals surface area contributed by atoms with E-state index in [1.54, 1.807) is 7.11 Å². The number of methoxy groups -OCH3 is 1. The molecular weight excluding hydrogens is 216 g/mol. The minimum atomic E-state index is -0.0822. The molecule has 1 aromatic rings. The summed E-state index contributed by atoms with van der Waals surface area (Å²) in [5.74, 6) is 7.35. The molecule has 0 fully saturated rings. The molecule has 0 aliphatic carbocycles. The zero-order valence-corrected chi connectivity index (χ0v) is 9.98. The van der Waals surface area contributed by atoms with E-state index in [0.717, 1.165) is 36.5 Å². The number of hydrogen-bond donors (Lipinski definition) is 2. The molecule has 0 saturated heterocycles. The van der Waals surface area contributed by atoms with Crippen LogP contribution in [0.3, 0.4) is 0 Å². The molecule has 92 valence electrons. The monoisotopic (exact) mass is 234 g/mol. The van der Waals surface area contributed by atoms with Gasteiger partial charge in [0.1, 0.15) is 17.6 Å². The Balaban J connectivity index is 2.18. The molecule has 0 amide bonds. The molecule has 4 heteroatoms. The molecule has 2 rings (SSSR count). The summed E-state index contributed by atoms with van der Waals surface area (Å²) in [4.78, 5) is 0. The molecule has 1 aliphatic heterocycles. The number of nitrogens with one attached hydrogen (secondary N) is 1. The highest BCUT2D eigenvalue weighted by Gasteiger charge is 2.18. The van der Waals surface area contributed by atoms with E-state index in [1.165, 1.54) is 0 Å². The van der Waals surface area contributed by atoms with E-state index in [1.807, 2.05) is 24.3 Å². The molecule has 1 atom stereocenters. The number of nitrogens with two attached hydrogens (primary N) is 1. The quantitative estimate of drug-likeness (QED) is 0.617. The van der Waals surface area contributed by atoms with Crippen molar-refractivity contribution in [1.29, 1.82) is 0 Å². The normalized spacial score (nSPS) is 16.9. The Kier molecular flexibility index (Phi) is 4.01. The van der Waals surface area contributed by atoms with Crippen molar-refractivity contribution in [3.8, 4) is 5.75 Å². The Hall–Kier alpha value is -1.52. The van der Waals surface area contributed by atoms with Crippen LogP contribution in [0.2, 0.25) is 0 Å². The highest BCUT2D eigenvalue weighted by Crippen LogP contribution is 2.26. The van der Waals surface area contributed by atoms with E-state index in [-0.39, 0.29) is 6.04 Å². The maximum Gasteiger partial charge on any atom is 0.118 e. The van der Waals surface area contributed by atoms with Gasteiger partial charge in [0.15, 0.2) is 0 Å². The Morgan fingerprint density at radius 2 is 2.12 bits per heavy atom. The first-order chi connectivity index (χ1) is 8.35. The fourth-order valence-electron chi connectivity index (χ4n) is 1.92. The summed E-state index contributed by atoms with van der Waals surface area (Å²) in [6, 6.07) is 7.73. The molecule has 0 saturated carbocycles. The van der Waals surface area contributed by atoms with Crippen LogP contribution < -0.4 is 16.0 Å². The lowest BCUT2D eigenvalue weighted by Gasteiger charge is -2.23. The van der Waals surface area contributed by atoms with Crippen LogP contribution in [-0.2, 0) is 4.74 Å². The first-order valence-electron chi connectivity index (χ1n) is 5.78. The zero-order valence-electron chi connectivity index (χ0n) is 9.98. The van der Waals surface area contributed by atoms with Gasteiger partial charge in [0.2, 0.25) is 0 Å². The average Bonchev–Trinajstić information content (AvgIpc) is 2.42. The SMILES string of the molecule is COc1ccc(C(NN)C2=CCCCO2)cc1. The van der Waals surface area contributed by atoms with Crippen LogP contribution in [0.25, 0.3) is 0 Å². The molecule has 17 heavy (non-hydrogen) atoms. The Morgan fingerprint density at radius 1 is 1.35 bits per heavy atom. The van der Waals surface area contributed by atoms with E-state index in [9.17, 15) is 0 Å². The lowest BCUT2D eigenvalue weighted by Crippen LogP contribution is -2.31. The fraction of sp³-hybridized carbons (Fsp3) is 0.385. The van der Waals surface area contributed by atoms with Crippen molar-refractivity contribution in [3.63, 3.8) is 0 Å². The van der Waals surface area contributed by atoms with E-state index in [0.29, 0.717) is 0 Å². The molecule has 3 N–H and O–H groups in total. The summed E-state index contributed by atoms with van der Waals surface area (Å²) in [5, 5.41) is 0. The molecular formula is C13H18N2O2. The predicted octanol–water partition coefficient (Wildman–Crippen LogP) is 1.89. The molecule has 0 radical (unpaired) electrons. The summed E-state index contributed by atoms with van der Waals surface area (Å²) in [7, 11) is 1.65. The second-order valence-electron chi connectivity index (χ2n) is 3.97. The van der Waals surface area contributed by atoms with Crippen molar-refractivity contribution in [2.75, 3.05) is 13.7 Å². The number of hydrazine groups is 1. The second-order valence-corrected chi connectivity index (χ2v) is 3.97. The topological polar surface area (TPSA) is 56.5 Å². The molecule has 1 heterocycles. The van der Waals surface area contributed by atoms with Gasteiger partial charge in [-0.1, -0.05) is 12.1 Å². The maximum absolute atomic E-state index is 5.63. The summed E-state index contributed by atoms with van der Waals surface area (Å²) in [6.07, 6.45) is 4.21. The third-order valence-corrected chi connectivity index (χ3v) is 2.86. The number of hydrogen-bond acceptors (Lipinski definition) is 4. The van der Waals surface area contributed by atoms with Crippen molar-refractivity contribution in [3.05, 3.63) is 41.7 Å². The van der Waals surface area contributed by atoms with Gasteiger partial charge in [-0.25, -0.2) is 5.43 Å². The van der Waals surface area contributed by atoms with Crippen LogP contribution in [-0.4, -0.2) is 13.7 Å². The lowest BCUT2D eigenvalue weighted by molar-refractivity contribution is 0.168. The number of rotatable bonds is 4. The molecule has 1 aromatic carbocycles. The van der Waals surface area contributed by atoms with Crippen LogP contribution in [0, 0.1) is 0 Å². The Morgan fingerprint density at radius 3 is 2.65 bits per heavy atom. The van der Waals surface area contributed by atoms with E-state index < -0.39 is 0 Å². The highest BCUT2D eigenvalue weighted by atomic mass is 16.5. The summed E-state index contributed by atoms with van der Waals surface area (Å²) >= 11 is 0. The molecule has 0 aromatic heterocycles. The van der Waals surface area contributed by atoms with Gasteiger partial charge in [0.25, 0.3) is 0 Å². The van der Waals surface area contributed by atoms with Gasteiger partial charge in [-0.2, -0.15) is 0 Å². The van der Waals surface area contributed by atoms with Crippen molar-refractivity contribution in [2.24, 2.45) is 5.84 Å². The van der Waals surface area contributed by atoms with Crippen LogP contribution in [0.4, 0.5) is 0 Å². The minimum absolute atomic E-state index is 0.0822. The lowest BCUT2D eigenvalue weighted by atomic mass is 10.0. The van der Waals surface area contributed by atoms with Crippen LogP contribution in [0.15, 0.2) is 36.1 Å². The molecule has 1 unspecified atom stereocenters. The fourth-order valence-corrected chi connectivity index (χ4v) is 1.92. The summed E-state index contributed by atoms with van der Waals surface area (Å²) in [5.41, 5.74) is 3.86. The number of benzene rings is 1. The van der Waals surface area contributed by atoms with Gasteiger partial charge < -0.3 is 9.47 Å². The first-order valence-corrected chi connectivity index (χ1v) is 5.78. The molecule has 1 aliphatic rings. The maximum atomic E-state index is 5.63. The second kappa shape index (κ2) is 5.70. The van der Waals surface area contributed by atoms with Crippen LogP contribution in [0.5, 0.6) is 5.75 Å². The smallest absolute Gasteiger partial charge is 0.118 e. The first kappa shape index (κ1) is 12.0. The molecule has 0 spiro atoms. The number of allylic oxidation sites excluding steroid dienone is 1. The van der Waals surface area contributed by atoms with Crippen molar-refractivity contribution < 1.29 is 9.47 Å². The highest BCUT2D eigenvalue weighted by molar-refractivity contribution is 5.32. The molecule has 0 bridgehead atoms. The van der Waals surface area contributed by atoms with Gasteiger partial charge in [-0.05, 0) is 36.6 Å². The van der Waals surface area contributed by atoms with E-state index in [4.69, 9.17) is 15.3 Å². The third-order valence-electron chi connectivity index (χ3n) is 2.86. The number of ether oxygens (including phenoxy) is 2. The van der Waals surface area contributed by atoms with Crippen molar-refractivity contribution in [2.45, 2.75) is 18.9 Å². The van der Waals surface area contributed by atoms with E-state index >= 15 is 0 Å². The van der Waals surface area contributed by atoms with Crippen LogP contribution >= 0.6 is 0 Å². The average molecular weight is 234 g/mol.